The molecule has 176 valence electrons. The highest BCUT2D eigenvalue weighted by Gasteiger charge is 2.59. The third kappa shape index (κ3) is 4.36. The molecule has 3 fully saturated rings. The van der Waals surface area contributed by atoms with Crippen molar-refractivity contribution in [2.24, 2.45) is 46.3 Å². The highest BCUT2D eigenvalue weighted by Crippen LogP contribution is 2.67. The molecule has 3 heteroatoms. The zero-order valence-corrected chi connectivity index (χ0v) is 21.3. The monoisotopic (exact) mass is 448 g/mol. The lowest BCUT2D eigenvalue weighted by atomic mass is 9.47. The lowest BCUT2D eigenvalue weighted by Gasteiger charge is -2.58. The molecule has 3 saturated carbocycles. The molecule has 0 heterocycles. The number of rotatable bonds is 6. The van der Waals surface area contributed by atoms with E-state index in [1.807, 2.05) is 0 Å². The Bertz CT molecular complexity index is 699. The second-order valence-corrected chi connectivity index (χ2v) is 12.8. The van der Waals surface area contributed by atoms with E-state index < -0.39 is 5.43 Å². The van der Waals surface area contributed by atoms with E-state index in [2.05, 4.69) is 40.7 Å². The van der Waals surface area contributed by atoms with Gasteiger partial charge in [-0.15, -0.1) is 0 Å². The first-order chi connectivity index (χ1) is 14.6. The third-order valence-corrected chi connectivity index (χ3v) is 10.6. The van der Waals surface area contributed by atoms with Gasteiger partial charge in [0.25, 0.3) is 0 Å². The van der Waals surface area contributed by atoms with Crippen molar-refractivity contribution >= 4 is 17.0 Å². The van der Waals surface area contributed by atoms with Crippen LogP contribution >= 0.6 is 11.6 Å². The Labute approximate surface area is 195 Å². The van der Waals surface area contributed by atoms with Crippen LogP contribution in [0.2, 0.25) is 0 Å². The van der Waals surface area contributed by atoms with Gasteiger partial charge >= 0.3 is 5.43 Å². The number of hydrogen-bond donors (Lipinski definition) is 0. The van der Waals surface area contributed by atoms with Crippen molar-refractivity contribution < 1.29 is 9.53 Å². The van der Waals surface area contributed by atoms with Crippen LogP contribution in [0, 0.1) is 46.3 Å². The number of hydrogen-bond acceptors (Lipinski definition) is 2. The van der Waals surface area contributed by atoms with Crippen molar-refractivity contribution in [3.05, 3.63) is 11.6 Å². The molecule has 4 aliphatic carbocycles. The van der Waals surface area contributed by atoms with E-state index in [1.54, 1.807) is 5.57 Å². The summed E-state index contributed by atoms with van der Waals surface area (Å²) in [6.45, 7) is 12.5. The van der Waals surface area contributed by atoms with Crippen LogP contribution in [-0.2, 0) is 4.74 Å². The van der Waals surface area contributed by atoms with E-state index in [9.17, 15) is 4.79 Å². The average molecular weight is 449 g/mol. The molecular formula is C28H45ClO2. The Morgan fingerprint density at radius 3 is 2.58 bits per heavy atom. The van der Waals surface area contributed by atoms with Gasteiger partial charge in [0, 0.05) is 18.0 Å². The van der Waals surface area contributed by atoms with Crippen LogP contribution in [0.1, 0.15) is 105 Å². The van der Waals surface area contributed by atoms with Gasteiger partial charge in [-0.1, -0.05) is 65.5 Å². The Hall–Kier alpha value is -0.500. The van der Waals surface area contributed by atoms with Crippen molar-refractivity contribution in [3.63, 3.8) is 0 Å². The molecule has 0 amide bonds. The van der Waals surface area contributed by atoms with Gasteiger partial charge < -0.3 is 4.74 Å². The summed E-state index contributed by atoms with van der Waals surface area (Å²) in [5.74, 6) is 5.19. The highest BCUT2D eigenvalue weighted by molar-refractivity contribution is 6.61. The Morgan fingerprint density at radius 2 is 1.87 bits per heavy atom. The minimum Gasteiger partial charge on any atom is -0.450 e. The molecule has 0 aliphatic heterocycles. The maximum absolute atomic E-state index is 11.2. The first-order valence-electron chi connectivity index (χ1n) is 13.2. The smallest absolute Gasteiger partial charge is 0.404 e. The molecule has 4 aliphatic rings. The Balaban J connectivity index is 1.47. The molecule has 0 spiro atoms. The second kappa shape index (κ2) is 9.03. The van der Waals surface area contributed by atoms with Gasteiger partial charge in [-0.05, 0) is 91.3 Å². The van der Waals surface area contributed by atoms with E-state index in [4.69, 9.17) is 16.3 Å². The lowest BCUT2D eigenvalue weighted by molar-refractivity contribution is -0.0573. The van der Waals surface area contributed by atoms with Gasteiger partial charge in [-0.25, -0.2) is 4.79 Å². The minimum absolute atomic E-state index is 0.0164. The SMILES string of the molecule is CC(C)CCC[C@@H](C)[C@H]1CC[C@@H]2[C@H]3CC=C4C[C@@H](OC(=O)Cl)CC[C@]4(C)[C@H]3CC[C@@]21C. The number of halogens is 1. The summed E-state index contributed by atoms with van der Waals surface area (Å²) < 4.78 is 5.38. The van der Waals surface area contributed by atoms with Gasteiger partial charge in [-0.3, -0.25) is 0 Å². The van der Waals surface area contributed by atoms with E-state index in [1.165, 1.54) is 51.4 Å². The molecule has 4 rings (SSSR count). The molecule has 0 aromatic heterocycles. The fourth-order valence-corrected chi connectivity index (χ4v) is 9.01. The first-order valence-corrected chi connectivity index (χ1v) is 13.6. The predicted molar refractivity (Wildman–Crippen MR) is 129 cm³/mol. The van der Waals surface area contributed by atoms with E-state index in [-0.39, 0.29) is 6.10 Å². The van der Waals surface area contributed by atoms with Crippen molar-refractivity contribution in [1.82, 2.24) is 0 Å². The van der Waals surface area contributed by atoms with Crippen LogP contribution < -0.4 is 0 Å². The summed E-state index contributed by atoms with van der Waals surface area (Å²) in [6, 6.07) is 0. The summed E-state index contributed by atoms with van der Waals surface area (Å²) in [5.41, 5.74) is 1.77. The summed E-state index contributed by atoms with van der Waals surface area (Å²) in [7, 11) is 0. The predicted octanol–water partition coefficient (Wildman–Crippen LogP) is 8.77. The Morgan fingerprint density at radius 1 is 1.10 bits per heavy atom. The van der Waals surface area contributed by atoms with Gasteiger partial charge in [-0.2, -0.15) is 0 Å². The second-order valence-electron chi connectivity index (χ2n) is 12.5. The van der Waals surface area contributed by atoms with Crippen molar-refractivity contribution in [2.75, 3.05) is 0 Å². The van der Waals surface area contributed by atoms with E-state index in [0.717, 1.165) is 54.8 Å². The van der Waals surface area contributed by atoms with Crippen LogP contribution in [0.15, 0.2) is 11.6 Å². The van der Waals surface area contributed by atoms with Crippen LogP contribution in [0.3, 0.4) is 0 Å². The quantitative estimate of drug-likeness (QED) is 0.299. The molecule has 0 unspecified atom stereocenters. The molecule has 0 N–H and O–H groups in total. The van der Waals surface area contributed by atoms with Crippen LogP contribution in [0.5, 0.6) is 0 Å². The fourth-order valence-electron chi connectivity index (χ4n) is 8.88. The minimum atomic E-state index is -0.643. The summed E-state index contributed by atoms with van der Waals surface area (Å²) in [4.78, 5) is 11.2. The third-order valence-electron chi connectivity index (χ3n) is 10.5. The normalized spacial score (nSPS) is 42.9. The highest BCUT2D eigenvalue weighted by atomic mass is 35.5. The van der Waals surface area contributed by atoms with Gasteiger partial charge in [0.2, 0.25) is 0 Å². The maximum atomic E-state index is 11.2. The maximum Gasteiger partial charge on any atom is 0.404 e. The molecule has 0 saturated heterocycles. The standard InChI is InChI=1S/C28H45ClO2/c1-18(2)7-6-8-19(3)23-11-12-24-22-10-9-20-17-21(31-26(29)30)13-15-27(20,4)25(22)14-16-28(23,24)5/h9,18-19,21-25H,6-8,10-17H2,1-5H3/t19-,21+,22-,23-,24-,25+,27+,28-/m1/s1. The molecule has 31 heavy (non-hydrogen) atoms. The molecule has 0 aromatic rings. The van der Waals surface area contributed by atoms with Crippen molar-refractivity contribution in [2.45, 2.75) is 111 Å². The van der Waals surface area contributed by atoms with Crippen LogP contribution in [0.25, 0.3) is 0 Å². The summed E-state index contributed by atoms with van der Waals surface area (Å²) in [6.07, 6.45) is 16.7. The molecule has 2 nitrogen and oxygen atoms in total. The molecule has 0 bridgehead atoms. The van der Waals surface area contributed by atoms with E-state index >= 15 is 0 Å². The topological polar surface area (TPSA) is 26.3 Å². The lowest BCUT2D eigenvalue weighted by Crippen LogP contribution is -2.51. The largest absolute Gasteiger partial charge is 0.450 e. The first kappa shape index (κ1) is 23.7. The Kier molecular flexibility index (Phi) is 6.89. The number of carbonyl (C=O) groups is 1. The molecule has 0 aromatic carbocycles. The van der Waals surface area contributed by atoms with Gasteiger partial charge in [0.15, 0.2) is 0 Å². The number of carbonyl (C=O) groups excluding carboxylic acids is 1. The number of fused-ring (bicyclic) bond motifs is 5. The molecular weight excluding hydrogens is 404 g/mol. The molecule has 0 radical (unpaired) electrons. The van der Waals surface area contributed by atoms with E-state index in [0.29, 0.717) is 10.8 Å². The van der Waals surface area contributed by atoms with Crippen molar-refractivity contribution in [3.8, 4) is 0 Å². The van der Waals surface area contributed by atoms with Crippen molar-refractivity contribution in [1.29, 1.82) is 0 Å². The number of ether oxygens (including phenoxy) is 1. The zero-order valence-electron chi connectivity index (χ0n) is 20.6. The summed E-state index contributed by atoms with van der Waals surface area (Å²) in [5, 5.41) is 0. The van der Waals surface area contributed by atoms with Crippen LogP contribution in [0.4, 0.5) is 4.79 Å². The van der Waals surface area contributed by atoms with Gasteiger partial charge in [0.05, 0.1) is 0 Å². The van der Waals surface area contributed by atoms with Crippen LogP contribution in [-0.4, -0.2) is 11.5 Å². The summed E-state index contributed by atoms with van der Waals surface area (Å²) >= 11 is 5.51. The fraction of sp³-hybridized carbons (Fsp3) is 0.893. The molecule has 8 atom stereocenters. The average Bonchev–Trinajstić information content (AvgIpc) is 3.05. The number of allylic oxidation sites excluding steroid dienone is 1. The van der Waals surface area contributed by atoms with Gasteiger partial charge in [0.1, 0.15) is 6.10 Å². The zero-order chi connectivity index (χ0) is 22.4.